The van der Waals surface area contributed by atoms with E-state index in [4.69, 9.17) is 4.42 Å². The Hall–Kier alpha value is -2.32. The molecule has 4 rings (SSSR count). The van der Waals surface area contributed by atoms with Gasteiger partial charge in [-0.3, -0.25) is 4.90 Å². The van der Waals surface area contributed by atoms with Crippen LogP contribution >= 0.6 is 0 Å². The van der Waals surface area contributed by atoms with Crippen LogP contribution < -0.4 is 0 Å². The molecule has 0 saturated heterocycles. The molecule has 1 aliphatic rings. The highest BCUT2D eigenvalue weighted by Gasteiger charge is 2.22. The molecule has 0 N–H and O–H groups in total. The van der Waals surface area contributed by atoms with Gasteiger partial charge in [0.2, 0.25) is 0 Å². The minimum atomic E-state index is 0.963. The lowest BCUT2D eigenvalue weighted by atomic mass is 9.99. The van der Waals surface area contributed by atoms with Gasteiger partial charge in [-0.2, -0.15) is 0 Å². The Kier molecular flexibility index (Phi) is 3.53. The van der Waals surface area contributed by atoms with Crippen molar-refractivity contribution in [1.82, 2.24) is 4.90 Å². The van der Waals surface area contributed by atoms with Gasteiger partial charge in [0, 0.05) is 30.8 Å². The monoisotopic (exact) mass is 289 g/mol. The van der Waals surface area contributed by atoms with E-state index < -0.39 is 0 Å². The van der Waals surface area contributed by atoms with E-state index in [-0.39, 0.29) is 0 Å². The predicted octanol–water partition coefficient (Wildman–Crippen LogP) is 4.50. The molecule has 2 aromatic carbocycles. The highest BCUT2D eigenvalue weighted by molar-refractivity contribution is 5.63. The maximum Gasteiger partial charge on any atom is 0.138 e. The van der Waals surface area contributed by atoms with Crippen LogP contribution in [0.1, 0.15) is 16.7 Å². The Labute approximate surface area is 131 Å². The number of fused-ring (bicyclic) bond motifs is 1. The molecular weight excluding hydrogens is 270 g/mol. The van der Waals surface area contributed by atoms with Crippen LogP contribution in [-0.2, 0) is 19.5 Å². The largest absolute Gasteiger partial charge is 0.464 e. The highest BCUT2D eigenvalue weighted by atomic mass is 16.3. The lowest BCUT2D eigenvalue weighted by Crippen LogP contribution is -2.29. The first kappa shape index (κ1) is 13.4. The van der Waals surface area contributed by atoms with Crippen molar-refractivity contribution in [3.8, 4) is 11.3 Å². The van der Waals surface area contributed by atoms with Crippen molar-refractivity contribution in [2.75, 3.05) is 6.54 Å². The van der Waals surface area contributed by atoms with Gasteiger partial charge in [-0.1, -0.05) is 60.7 Å². The number of rotatable bonds is 3. The van der Waals surface area contributed by atoms with E-state index in [1.54, 1.807) is 0 Å². The number of benzene rings is 2. The fraction of sp³-hybridized carbons (Fsp3) is 0.200. The van der Waals surface area contributed by atoms with Crippen LogP contribution in [-0.4, -0.2) is 11.4 Å². The van der Waals surface area contributed by atoms with Crippen LogP contribution in [0.3, 0.4) is 0 Å². The third kappa shape index (κ3) is 2.58. The summed E-state index contributed by atoms with van der Waals surface area (Å²) in [7, 11) is 0. The maximum atomic E-state index is 5.88. The van der Waals surface area contributed by atoms with Gasteiger partial charge in [0.05, 0.1) is 6.26 Å². The molecule has 0 unspecified atom stereocenters. The zero-order valence-corrected chi connectivity index (χ0v) is 12.5. The van der Waals surface area contributed by atoms with Gasteiger partial charge in [-0.15, -0.1) is 0 Å². The van der Waals surface area contributed by atoms with Gasteiger partial charge in [0.15, 0.2) is 0 Å². The molecular formula is C20H19NO. The average Bonchev–Trinajstić information content (AvgIpc) is 3.00. The van der Waals surface area contributed by atoms with E-state index in [0.29, 0.717) is 0 Å². The molecule has 0 aliphatic carbocycles. The van der Waals surface area contributed by atoms with Crippen molar-refractivity contribution in [3.63, 3.8) is 0 Å². The predicted molar refractivity (Wildman–Crippen MR) is 88.4 cm³/mol. The zero-order chi connectivity index (χ0) is 14.8. The molecule has 1 aromatic heterocycles. The third-order valence-electron chi connectivity index (χ3n) is 4.34. The quantitative estimate of drug-likeness (QED) is 0.705. The summed E-state index contributed by atoms with van der Waals surface area (Å²) in [5.74, 6) is 1.04. The standard InChI is InChI=1S/C20H19NO/c1-3-7-16(8-4-1)13-21-12-11-18-15-22-20(19(18)14-21)17-9-5-2-6-10-17/h1-10,15H,11-14H2. The Morgan fingerprint density at radius 2 is 1.64 bits per heavy atom. The Morgan fingerprint density at radius 1 is 0.909 bits per heavy atom. The fourth-order valence-electron chi connectivity index (χ4n) is 3.19. The molecule has 0 bridgehead atoms. The van der Waals surface area contributed by atoms with Crippen LogP contribution in [0.5, 0.6) is 0 Å². The van der Waals surface area contributed by atoms with Crippen molar-refractivity contribution in [1.29, 1.82) is 0 Å². The first-order valence-corrected chi connectivity index (χ1v) is 7.81. The summed E-state index contributed by atoms with van der Waals surface area (Å²) in [5.41, 5.74) is 5.26. The Balaban J connectivity index is 1.59. The molecule has 3 aromatic rings. The van der Waals surface area contributed by atoms with Crippen molar-refractivity contribution in [2.45, 2.75) is 19.5 Å². The molecule has 0 atom stereocenters. The van der Waals surface area contributed by atoms with Gasteiger partial charge in [-0.25, -0.2) is 0 Å². The second kappa shape index (κ2) is 5.82. The van der Waals surface area contributed by atoms with Crippen LogP contribution in [0.4, 0.5) is 0 Å². The molecule has 2 nitrogen and oxygen atoms in total. The van der Waals surface area contributed by atoms with Crippen LogP contribution in [0, 0.1) is 0 Å². The lowest BCUT2D eigenvalue weighted by molar-refractivity contribution is 0.246. The summed E-state index contributed by atoms with van der Waals surface area (Å²) in [4.78, 5) is 2.50. The summed E-state index contributed by atoms with van der Waals surface area (Å²) < 4.78 is 5.88. The van der Waals surface area contributed by atoms with Gasteiger partial charge in [-0.05, 0) is 17.5 Å². The Morgan fingerprint density at radius 3 is 2.41 bits per heavy atom. The summed E-state index contributed by atoms with van der Waals surface area (Å²) in [6.07, 6.45) is 3.01. The summed E-state index contributed by atoms with van der Waals surface area (Å²) in [5, 5.41) is 0. The fourth-order valence-corrected chi connectivity index (χ4v) is 3.19. The first-order valence-electron chi connectivity index (χ1n) is 7.81. The summed E-state index contributed by atoms with van der Waals surface area (Å²) >= 11 is 0. The van der Waals surface area contributed by atoms with Crippen LogP contribution in [0.25, 0.3) is 11.3 Å². The highest BCUT2D eigenvalue weighted by Crippen LogP contribution is 2.32. The first-order chi connectivity index (χ1) is 10.9. The van der Waals surface area contributed by atoms with E-state index >= 15 is 0 Å². The molecule has 1 aliphatic heterocycles. The normalized spacial score (nSPS) is 14.7. The van der Waals surface area contributed by atoms with Crippen molar-refractivity contribution < 1.29 is 4.42 Å². The number of furan rings is 1. The molecule has 2 heterocycles. The van der Waals surface area contributed by atoms with Crippen LogP contribution in [0.2, 0.25) is 0 Å². The van der Waals surface area contributed by atoms with E-state index in [1.165, 1.54) is 22.3 Å². The van der Waals surface area contributed by atoms with E-state index in [1.807, 2.05) is 12.3 Å². The molecule has 0 saturated carbocycles. The number of hydrogen-bond donors (Lipinski definition) is 0. The van der Waals surface area contributed by atoms with Crippen molar-refractivity contribution >= 4 is 0 Å². The SMILES string of the molecule is c1ccc(CN2CCc3coc(-c4ccccc4)c3C2)cc1. The van der Waals surface area contributed by atoms with Gasteiger partial charge in [0.1, 0.15) is 5.76 Å². The third-order valence-corrected chi connectivity index (χ3v) is 4.34. The van der Waals surface area contributed by atoms with Crippen molar-refractivity contribution in [2.24, 2.45) is 0 Å². The molecule has 22 heavy (non-hydrogen) atoms. The molecule has 2 heteroatoms. The second-order valence-electron chi connectivity index (χ2n) is 5.88. The molecule has 0 fully saturated rings. The van der Waals surface area contributed by atoms with Crippen LogP contribution in [0.15, 0.2) is 71.3 Å². The molecule has 0 amide bonds. The second-order valence-corrected chi connectivity index (χ2v) is 5.88. The zero-order valence-electron chi connectivity index (χ0n) is 12.5. The Bertz CT molecular complexity index is 746. The molecule has 110 valence electrons. The minimum absolute atomic E-state index is 0.963. The maximum absolute atomic E-state index is 5.88. The summed E-state index contributed by atoms with van der Waals surface area (Å²) in [6, 6.07) is 21.1. The molecule has 0 spiro atoms. The average molecular weight is 289 g/mol. The topological polar surface area (TPSA) is 16.4 Å². The summed E-state index contributed by atoms with van der Waals surface area (Å²) in [6.45, 7) is 3.06. The number of nitrogens with zero attached hydrogens (tertiary/aromatic N) is 1. The van der Waals surface area contributed by atoms with Gasteiger partial charge < -0.3 is 4.42 Å². The molecule has 0 radical (unpaired) electrons. The smallest absolute Gasteiger partial charge is 0.138 e. The van der Waals surface area contributed by atoms with Gasteiger partial charge in [0.25, 0.3) is 0 Å². The van der Waals surface area contributed by atoms with E-state index in [9.17, 15) is 0 Å². The van der Waals surface area contributed by atoms with Crippen molar-refractivity contribution in [3.05, 3.63) is 83.6 Å². The minimum Gasteiger partial charge on any atom is -0.464 e. The van der Waals surface area contributed by atoms with E-state index in [0.717, 1.165) is 31.8 Å². The number of hydrogen-bond acceptors (Lipinski definition) is 2. The van der Waals surface area contributed by atoms with Gasteiger partial charge >= 0.3 is 0 Å². The lowest BCUT2D eigenvalue weighted by Gasteiger charge is -2.27. The van der Waals surface area contributed by atoms with E-state index in [2.05, 4.69) is 59.5 Å².